The van der Waals surface area contributed by atoms with Crippen LogP contribution >= 0.6 is 0 Å². The van der Waals surface area contributed by atoms with Crippen LogP contribution in [0.1, 0.15) is 40.0 Å². The quantitative estimate of drug-likeness (QED) is 0.617. The molecule has 29 heavy (non-hydrogen) atoms. The first-order valence-electron chi connectivity index (χ1n) is 9.62. The van der Waals surface area contributed by atoms with Gasteiger partial charge in [-0.05, 0) is 48.4 Å². The van der Waals surface area contributed by atoms with E-state index in [2.05, 4.69) is 28.9 Å². The molecule has 0 aliphatic carbocycles. The van der Waals surface area contributed by atoms with Crippen LogP contribution in [0.25, 0.3) is 6.08 Å². The zero-order valence-corrected chi connectivity index (χ0v) is 16.0. The van der Waals surface area contributed by atoms with Crippen molar-refractivity contribution < 1.29 is 14.3 Å². The van der Waals surface area contributed by atoms with Crippen molar-refractivity contribution in [2.45, 2.75) is 19.5 Å². The third-order valence-corrected chi connectivity index (χ3v) is 5.48. The van der Waals surface area contributed by atoms with E-state index in [-0.39, 0.29) is 11.8 Å². The number of fused-ring (bicyclic) bond motifs is 3. The van der Waals surface area contributed by atoms with Gasteiger partial charge in [-0.1, -0.05) is 30.3 Å². The van der Waals surface area contributed by atoms with Gasteiger partial charge < -0.3 is 9.47 Å². The van der Waals surface area contributed by atoms with Gasteiger partial charge in [-0.3, -0.25) is 14.7 Å². The molecule has 0 radical (unpaired) electrons. The molecule has 0 saturated heterocycles. The minimum absolute atomic E-state index is 0.104. The van der Waals surface area contributed by atoms with E-state index >= 15 is 0 Å². The highest BCUT2D eigenvalue weighted by molar-refractivity contribution is 6.15. The van der Waals surface area contributed by atoms with E-state index in [0.717, 1.165) is 16.9 Å². The fourth-order valence-electron chi connectivity index (χ4n) is 3.78. The average molecular weight is 384 g/mol. The molecule has 3 heterocycles. The molecule has 1 unspecified atom stereocenters. The normalized spacial score (nSPS) is 18.0. The Morgan fingerprint density at radius 2 is 1.86 bits per heavy atom. The maximum atomic E-state index is 12.9. The molecule has 0 fully saturated rings. The number of rotatable bonds is 3. The molecule has 0 saturated carbocycles. The van der Waals surface area contributed by atoms with E-state index in [9.17, 15) is 4.79 Å². The average Bonchev–Trinajstić information content (AvgIpc) is 3.10. The highest BCUT2D eigenvalue weighted by atomic mass is 16.5. The van der Waals surface area contributed by atoms with Gasteiger partial charge in [-0.25, -0.2) is 0 Å². The number of allylic oxidation sites excluding steroid dienone is 1. The van der Waals surface area contributed by atoms with Gasteiger partial charge in [0.05, 0.1) is 11.1 Å². The largest absolute Gasteiger partial charge is 0.478 e. The van der Waals surface area contributed by atoms with Gasteiger partial charge in [0, 0.05) is 25.0 Å². The third-order valence-electron chi connectivity index (χ3n) is 5.48. The fraction of sp³-hybridized carbons (Fsp3) is 0.167. The number of aromatic nitrogens is 1. The van der Waals surface area contributed by atoms with Crippen LogP contribution in [0.3, 0.4) is 0 Å². The van der Waals surface area contributed by atoms with Gasteiger partial charge in [0.1, 0.15) is 18.2 Å². The second-order valence-corrected chi connectivity index (χ2v) is 7.25. The summed E-state index contributed by atoms with van der Waals surface area (Å²) in [6, 6.07) is 17.9. The van der Waals surface area contributed by atoms with Crippen LogP contribution in [0, 0.1) is 0 Å². The van der Waals surface area contributed by atoms with Crippen LogP contribution < -0.4 is 9.47 Å². The van der Waals surface area contributed by atoms with Gasteiger partial charge in [0.25, 0.3) is 0 Å². The summed E-state index contributed by atoms with van der Waals surface area (Å²) in [5.74, 6) is 1.61. The number of nitrogens with zero attached hydrogens (tertiary/aromatic N) is 2. The number of carbonyl (C=O) groups excluding carboxylic acids is 1. The highest BCUT2D eigenvalue weighted by Crippen LogP contribution is 2.43. The lowest BCUT2D eigenvalue weighted by atomic mass is 10.0. The van der Waals surface area contributed by atoms with Gasteiger partial charge in [0.2, 0.25) is 5.78 Å². The summed E-state index contributed by atoms with van der Waals surface area (Å²) < 4.78 is 12.0. The van der Waals surface area contributed by atoms with E-state index in [1.165, 1.54) is 5.56 Å². The maximum Gasteiger partial charge on any atom is 0.231 e. The van der Waals surface area contributed by atoms with Crippen LogP contribution in [-0.2, 0) is 6.54 Å². The van der Waals surface area contributed by atoms with Crippen LogP contribution in [0.15, 0.2) is 72.8 Å². The Hall–Kier alpha value is -3.44. The number of pyridine rings is 1. The van der Waals surface area contributed by atoms with E-state index in [0.29, 0.717) is 30.3 Å². The van der Waals surface area contributed by atoms with Crippen molar-refractivity contribution >= 4 is 11.9 Å². The number of hydrogen-bond acceptors (Lipinski definition) is 5. The lowest BCUT2D eigenvalue weighted by Crippen LogP contribution is -2.34. The zero-order chi connectivity index (χ0) is 19.8. The maximum absolute atomic E-state index is 12.9. The summed E-state index contributed by atoms with van der Waals surface area (Å²) in [4.78, 5) is 19.1. The van der Waals surface area contributed by atoms with E-state index in [1.807, 2.05) is 36.4 Å². The second kappa shape index (κ2) is 7.18. The molecule has 5 rings (SSSR count). The first-order chi connectivity index (χ1) is 14.2. The minimum Gasteiger partial charge on any atom is -0.478 e. The number of carbonyl (C=O) groups is 1. The molecular formula is C24H20N2O3. The third kappa shape index (κ3) is 3.19. The lowest BCUT2D eigenvalue weighted by molar-refractivity contribution is 0.0606. The SMILES string of the molecule is CC(c1ccccc1)N1COc2ccc3c(c2C1)O/C(=C\c1ccncc1)C3=O. The predicted octanol–water partition coefficient (Wildman–Crippen LogP) is 4.61. The zero-order valence-electron chi connectivity index (χ0n) is 16.0. The van der Waals surface area contributed by atoms with Crippen molar-refractivity contribution in [1.82, 2.24) is 9.88 Å². The molecule has 0 N–H and O–H groups in total. The Bertz CT molecular complexity index is 1090. The fourth-order valence-corrected chi connectivity index (χ4v) is 3.78. The molecule has 144 valence electrons. The summed E-state index contributed by atoms with van der Waals surface area (Å²) in [5, 5.41) is 0. The van der Waals surface area contributed by atoms with Crippen molar-refractivity contribution in [3.8, 4) is 11.5 Å². The lowest BCUT2D eigenvalue weighted by Gasteiger charge is -2.34. The van der Waals surface area contributed by atoms with Crippen molar-refractivity contribution in [3.63, 3.8) is 0 Å². The van der Waals surface area contributed by atoms with Gasteiger partial charge in [-0.2, -0.15) is 0 Å². The number of hydrogen-bond donors (Lipinski definition) is 0. The molecule has 5 heteroatoms. The molecule has 0 spiro atoms. The van der Waals surface area contributed by atoms with E-state index < -0.39 is 0 Å². The van der Waals surface area contributed by atoms with Crippen molar-refractivity contribution in [3.05, 3.63) is 95.0 Å². The Morgan fingerprint density at radius 1 is 1.07 bits per heavy atom. The Labute approximate surface area is 169 Å². The Balaban J connectivity index is 1.46. The summed E-state index contributed by atoms with van der Waals surface area (Å²) in [7, 11) is 0. The van der Waals surface area contributed by atoms with Crippen molar-refractivity contribution in [2.75, 3.05) is 6.73 Å². The monoisotopic (exact) mass is 384 g/mol. The van der Waals surface area contributed by atoms with E-state index in [4.69, 9.17) is 9.47 Å². The summed E-state index contributed by atoms with van der Waals surface area (Å²) >= 11 is 0. The minimum atomic E-state index is -0.104. The van der Waals surface area contributed by atoms with Crippen LogP contribution in [0.2, 0.25) is 0 Å². The van der Waals surface area contributed by atoms with Crippen molar-refractivity contribution in [1.29, 1.82) is 0 Å². The molecule has 2 aliphatic rings. The second-order valence-electron chi connectivity index (χ2n) is 7.25. The molecule has 3 aromatic rings. The topological polar surface area (TPSA) is 51.7 Å². The number of Topliss-reactive ketones (excluding diaryl/α,β-unsaturated/α-hetero) is 1. The highest BCUT2D eigenvalue weighted by Gasteiger charge is 2.34. The Morgan fingerprint density at radius 3 is 2.66 bits per heavy atom. The standard InChI is InChI=1S/C24H20N2O3/c1-16(18-5-3-2-4-6-18)26-14-20-21(28-15-26)8-7-19-23(27)22(29-24(19)20)13-17-9-11-25-12-10-17/h2-13,16H,14-15H2,1H3/b22-13-. The van der Waals surface area contributed by atoms with Crippen LogP contribution in [-0.4, -0.2) is 22.4 Å². The first kappa shape index (κ1) is 17.6. The smallest absolute Gasteiger partial charge is 0.231 e. The van der Waals surface area contributed by atoms with Crippen LogP contribution in [0.4, 0.5) is 0 Å². The molecule has 5 nitrogen and oxygen atoms in total. The Kier molecular flexibility index (Phi) is 4.37. The summed E-state index contributed by atoms with van der Waals surface area (Å²) in [5.41, 5.74) is 3.60. The van der Waals surface area contributed by atoms with Gasteiger partial charge in [0.15, 0.2) is 5.76 Å². The predicted molar refractivity (Wildman–Crippen MR) is 110 cm³/mol. The molecule has 1 atom stereocenters. The van der Waals surface area contributed by atoms with Crippen molar-refractivity contribution in [2.24, 2.45) is 0 Å². The van der Waals surface area contributed by atoms with Gasteiger partial charge >= 0.3 is 0 Å². The molecule has 2 aliphatic heterocycles. The van der Waals surface area contributed by atoms with Gasteiger partial charge in [-0.15, -0.1) is 0 Å². The molecule has 0 bridgehead atoms. The summed E-state index contributed by atoms with van der Waals surface area (Å²) in [6.45, 7) is 3.31. The molecule has 2 aromatic carbocycles. The molecular weight excluding hydrogens is 364 g/mol. The summed E-state index contributed by atoms with van der Waals surface area (Å²) in [6.07, 6.45) is 5.14. The number of ketones is 1. The van der Waals surface area contributed by atoms with Crippen LogP contribution in [0.5, 0.6) is 11.5 Å². The number of benzene rings is 2. The molecule has 0 amide bonds. The molecule has 1 aromatic heterocycles. The first-order valence-corrected chi connectivity index (χ1v) is 9.62. The van der Waals surface area contributed by atoms with E-state index in [1.54, 1.807) is 24.5 Å². The number of ether oxygens (including phenoxy) is 2.